The molecular weight excluding hydrogens is 663 g/mol. The second-order valence-electron chi connectivity index (χ2n) is 15.5. The van der Waals surface area contributed by atoms with Crippen LogP contribution in [0.1, 0.15) is 44.5 Å². The first kappa shape index (κ1) is 29.5. The molecule has 0 unspecified atom stereocenters. The molecule has 0 bridgehead atoms. The lowest BCUT2D eigenvalue weighted by Crippen LogP contribution is -2.43. The van der Waals surface area contributed by atoms with Gasteiger partial charge in [0.1, 0.15) is 0 Å². The number of aromatic nitrogens is 1. The van der Waals surface area contributed by atoms with Crippen LogP contribution in [0.2, 0.25) is 0 Å². The molecule has 3 aliphatic rings. The van der Waals surface area contributed by atoms with Crippen LogP contribution >= 0.6 is 0 Å². The van der Waals surface area contributed by atoms with Crippen LogP contribution in [0.5, 0.6) is 0 Å². The molecule has 0 N–H and O–H groups in total. The summed E-state index contributed by atoms with van der Waals surface area (Å²) in [5.41, 5.74) is 18.8. The third kappa shape index (κ3) is 3.38. The van der Waals surface area contributed by atoms with E-state index in [1.54, 1.807) is 0 Å². The van der Waals surface area contributed by atoms with Gasteiger partial charge in [0, 0.05) is 21.8 Å². The maximum Gasteiger partial charge on any atom is 0.0720 e. The number of para-hydroxylation sites is 1. The Labute approximate surface area is 319 Å². The molecule has 0 radical (unpaired) electrons. The van der Waals surface area contributed by atoms with E-state index < -0.39 is 10.8 Å². The molecule has 9 aromatic carbocycles. The molecule has 0 saturated carbocycles. The Kier molecular flexibility index (Phi) is 5.56. The Morgan fingerprint density at radius 1 is 0.291 bits per heavy atom. The van der Waals surface area contributed by atoms with Gasteiger partial charge in [-0.2, -0.15) is 0 Å². The molecule has 2 spiro atoms. The summed E-state index contributed by atoms with van der Waals surface area (Å²) in [6.45, 7) is 0. The van der Waals surface area contributed by atoms with Crippen LogP contribution in [0.3, 0.4) is 0 Å². The summed E-state index contributed by atoms with van der Waals surface area (Å²) in [5, 5.41) is 5.08. The molecule has 254 valence electrons. The van der Waals surface area contributed by atoms with Crippen molar-refractivity contribution >= 4 is 32.6 Å². The molecule has 0 amide bonds. The van der Waals surface area contributed by atoms with E-state index in [-0.39, 0.29) is 0 Å². The van der Waals surface area contributed by atoms with Gasteiger partial charge in [-0.15, -0.1) is 0 Å². The number of nitrogens with zero attached hydrogens (tertiary/aromatic N) is 1. The fourth-order valence-corrected chi connectivity index (χ4v) is 11.4. The largest absolute Gasteiger partial charge is 0.309 e. The summed E-state index contributed by atoms with van der Waals surface area (Å²) in [6.07, 6.45) is 0. The summed E-state index contributed by atoms with van der Waals surface area (Å²) < 4.78 is 2.52. The lowest BCUT2D eigenvalue weighted by molar-refractivity contribution is 0.633. The predicted octanol–water partition coefficient (Wildman–Crippen LogP) is 13.0. The Morgan fingerprint density at radius 2 is 0.745 bits per heavy atom. The molecule has 0 aliphatic heterocycles. The number of benzene rings is 9. The molecule has 0 atom stereocenters. The average Bonchev–Trinajstić information content (AvgIpc) is 3.85. The highest BCUT2D eigenvalue weighted by Gasteiger charge is 2.58. The minimum absolute atomic E-state index is 0.453. The smallest absolute Gasteiger partial charge is 0.0720 e. The topological polar surface area (TPSA) is 4.93 Å². The van der Waals surface area contributed by atoms with E-state index in [0.29, 0.717) is 0 Å². The fraction of sp³-hybridized carbons (Fsp3) is 0.0370. The van der Waals surface area contributed by atoms with Crippen molar-refractivity contribution in [3.8, 4) is 27.9 Å². The summed E-state index contributed by atoms with van der Waals surface area (Å²) in [6, 6.07) is 75.7. The summed E-state index contributed by atoms with van der Waals surface area (Å²) in [5.74, 6) is 0. The normalized spacial score (nSPS) is 14.8. The van der Waals surface area contributed by atoms with Crippen molar-refractivity contribution in [1.29, 1.82) is 0 Å². The van der Waals surface area contributed by atoms with E-state index in [1.165, 1.54) is 105 Å². The highest BCUT2D eigenvalue weighted by molar-refractivity contribution is 6.20. The lowest BCUT2D eigenvalue weighted by Gasteiger charge is -2.48. The molecule has 1 aromatic heterocycles. The van der Waals surface area contributed by atoms with Gasteiger partial charge < -0.3 is 4.57 Å². The zero-order valence-electron chi connectivity index (χ0n) is 30.0. The highest BCUT2D eigenvalue weighted by Crippen LogP contribution is 2.67. The van der Waals surface area contributed by atoms with Gasteiger partial charge in [-0.3, -0.25) is 0 Å². The van der Waals surface area contributed by atoms with E-state index >= 15 is 0 Å². The maximum atomic E-state index is 2.56. The molecule has 0 saturated heterocycles. The van der Waals surface area contributed by atoms with Gasteiger partial charge in [0.25, 0.3) is 0 Å². The molecule has 1 heteroatoms. The van der Waals surface area contributed by atoms with Crippen LogP contribution in [0, 0.1) is 0 Å². The van der Waals surface area contributed by atoms with Gasteiger partial charge in [-0.05, 0) is 96.4 Å². The third-order valence-electron chi connectivity index (χ3n) is 13.3. The molecule has 0 fully saturated rings. The van der Waals surface area contributed by atoms with Crippen LogP contribution in [0.25, 0.3) is 60.5 Å². The minimum atomic E-state index is -0.537. The van der Waals surface area contributed by atoms with Gasteiger partial charge in [-0.1, -0.05) is 176 Å². The van der Waals surface area contributed by atoms with Gasteiger partial charge in [0.05, 0.1) is 21.9 Å². The first-order valence-corrected chi connectivity index (χ1v) is 19.4. The van der Waals surface area contributed by atoms with Crippen molar-refractivity contribution in [3.05, 3.63) is 245 Å². The monoisotopic (exact) mass is 695 g/mol. The predicted molar refractivity (Wildman–Crippen MR) is 226 cm³/mol. The van der Waals surface area contributed by atoms with Crippen molar-refractivity contribution < 1.29 is 0 Å². The van der Waals surface area contributed by atoms with Crippen LogP contribution in [-0.4, -0.2) is 4.57 Å². The van der Waals surface area contributed by atoms with Crippen LogP contribution in [0.15, 0.2) is 200 Å². The van der Waals surface area contributed by atoms with Crippen molar-refractivity contribution in [2.45, 2.75) is 10.8 Å². The van der Waals surface area contributed by atoms with Crippen molar-refractivity contribution in [3.63, 3.8) is 0 Å². The van der Waals surface area contributed by atoms with Crippen molar-refractivity contribution in [2.75, 3.05) is 0 Å². The SMILES string of the molecule is c1ccc(-n2c3cc4c(cc3c3ccc5ccccc5c32)-c2ccccc2C42c3ccccc3C3(c4ccccc4-c4ccccc43)c3ccccc32)cc1. The average molecular weight is 696 g/mol. The van der Waals surface area contributed by atoms with Crippen LogP contribution in [0.4, 0.5) is 0 Å². The van der Waals surface area contributed by atoms with Crippen LogP contribution in [-0.2, 0) is 10.8 Å². The van der Waals surface area contributed by atoms with E-state index in [2.05, 4.69) is 205 Å². The quantitative estimate of drug-likeness (QED) is 0.161. The van der Waals surface area contributed by atoms with Crippen LogP contribution < -0.4 is 0 Å². The molecule has 10 aromatic rings. The summed E-state index contributed by atoms with van der Waals surface area (Å²) in [7, 11) is 0. The zero-order valence-corrected chi connectivity index (χ0v) is 30.0. The van der Waals surface area contributed by atoms with Gasteiger partial charge in [0.15, 0.2) is 0 Å². The first-order chi connectivity index (χ1) is 27.3. The lowest BCUT2D eigenvalue weighted by atomic mass is 9.52. The molecule has 1 heterocycles. The van der Waals surface area contributed by atoms with E-state index in [1.807, 2.05) is 0 Å². The Hall–Kier alpha value is -6.96. The molecule has 3 aliphatic carbocycles. The van der Waals surface area contributed by atoms with E-state index in [0.717, 1.165) is 0 Å². The minimum Gasteiger partial charge on any atom is -0.309 e. The molecule has 55 heavy (non-hydrogen) atoms. The molecule has 1 nitrogen and oxygen atoms in total. The molecular formula is C54H33N. The number of fused-ring (bicyclic) bond motifs is 21. The second-order valence-corrected chi connectivity index (χ2v) is 15.5. The summed E-state index contributed by atoms with van der Waals surface area (Å²) in [4.78, 5) is 0. The van der Waals surface area contributed by atoms with Gasteiger partial charge >= 0.3 is 0 Å². The van der Waals surface area contributed by atoms with Gasteiger partial charge in [-0.25, -0.2) is 0 Å². The van der Waals surface area contributed by atoms with Crippen molar-refractivity contribution in [1.82, 2.24) is 4.57 Å². The maximum absolute atomic E-state index is 2.56. The zero-order chi connectivity index (χ0) is 35.9. The fourth-order valence-electron chi connectivity index (χ4n) is 11.4. The van der Waals surface area contributed by atoms with Gasteiger partial charge in [0.2, 0.25) is 0 Å². The number of hydrogen-bond acceptors (Lipinski definition) is 0. The second kappa shape index (κ2) is 10.4. The standard InChI is InChI=1S/C54H33N/c1-2-17-35(18-3-1)55-51-33-50-41(32-42(51)40-31-30-34-16-4-5-19-36(34)52(40)55)39-22-8-11-25-45(39)54(50)48-28-14-12-26-46(48)53(47-27-13-15-29-49(47)54)43-23-9-6-20-37(43)38-21-7-10-24-44(38)53/h1-33H. The number of rotatable bonds is 1. The van der Waals surface area contributed by atoms with E-state index in [9.17, 15) is 0 Å². The van der Waals surface area contributed by atoms with Crippen molar-refractivity contribution in [2.24, 2.45) is 0 Å². The Morgan fingerprint density at radius 3 is 1.33 bits per heavy atom. The number of hydrogen-bond donors (Lipinski definition) is 0. The summed E-state index contributed by atoms with van der Waals surface area (Å²) >= 11 is 0. The Balaban J connectivity index is 1.23. The van der Waals surface area contributed by atoms with E-state index in [4.69, 9.17) is 0 Å². The Bertz CT molecular complexity index is 3170. The molecule has 13 rings (SSSR count). The third-order valence-corrected chi connectivity index (χ3v) is 13.3. The highest BCUT2D eigenvalue weighted by atomic mass is 15.0. The first-order valence-electron chi connectivity index (χ1n) is 19.4.